The number of carbonyl (C=O) groups is 2. The Kier molecular flexibility index (Phi) is 5.76. The van der Waals surface area contributed by atoms with E-state index in [0.29, 0.717) is 23.5 Å². The quantitative estimate of drug-likeness (QED) is 0.904. The molecule has 2 fully saturated rings. The van der Waals surface area contributed by atoms with Crippen LogP contribution in [-0.4, -0.2) is 34.5 Å². The highest BCUT2D eigenvalue weighted by Gasteiger charge is 2.35. The van der Waals surface area contributed by atoms with Crippen LogP contribution in [0.4, 0.5) is 5.82 Å². The number of hydrogen-bond donors (Lipinski definition) is 1. The van der Waals surface area contributed by atoms with Gasteiger partial charge in [-0.3, -0.25) is 9.59 Å². The zero-order chi connectivity index (χ0) is 17.8. The van der Waals surface area contributed by atoms with E-state index in [4.69, 9.17) is 4.52 Å². The maximum Gasteiger partial charge on any atom is 0.228 e. The summed E-state index contributed by atoms with van der Waals surface area (Å²) < 4.78 is 4.97. The largest absolute Gasteiger partial charge is 0.360 e. The lowest BCUT2D eigenvalue weighted by atomic mass is 9.80. The SMILES string of the molecule is CCC1CCCCN1C(=O)C1CCC(C(=O)Nc2cc(C)on2)CC1. The first kappa shape index (κ1) is 18.0. The molecule has 3 rings (SSSR count). The third kappa shape index (κ3) is 4.22. The van der Waals surface area contributed by atoms with Crippen molar-refractivity contribution in [3.63, 3.8) is 0 Å². The summed E-state index contributed by atoms with van der Waals surface area (Å²) >= 11 is 0. The van der Waals surface area contributed by atoms with Crippen LogP contribution < -0.4 is 5.32 Å². The van der Waals surface area contributed by atoms with E-state index in [-0.39, 0.29) is 17.7 Å². The molecule has 1 saturated carbocycles. The third-order valence-corrected chi connectivity index (χ3v) is 5.71. The van der Waals surface area contributed by atoms with E-state index >= 15 is 0 Å². The smallest absolute Gasteiger partial charge is 0.228 e. The average Bonchev–Trinajstić information content (AvgIpc) is 3.06. The van der Waals surface area contributed by atoms with E-state index in [9.17, 15) is 9.59 Å². The molecule has 1 aliphatic heterocycles. The molecule has 1 unspecified atom stereocenters. The maximum absolute atomic E-state index is 12.9. The topological polar surface area (TPSA) is 75.4 Å². The van der Waals surface area contributed by atoms with Crippen molar-refractivity contribution < 1.29 is 14.1 Å². The van der Waals surface area contributed by atoms with Gasteiger partial charge in [-0.15, -0.1) is 0 Å². The Balaban J connectivity index is 1.50. The molecule has 6 heteroatoms. The lowest BCUT2D eigenvalue weighted by molar-refractivity contribution is -0.141. The van der Waals surface area contributed by atoms with Gasteiger partial charge < -0.3 is 14.7 Å². The van der Waals surface area contributed by atoms with Crippen LogP contribution in [-0.2, 0) is 9.59 Å². The molecule has 2 amide bonds. The zero-order valence-corrected chi connectivity index (χ0v) is 15.3. The Morgan fingerprint density at radius 1 is 1.20 bits per heavy atom. The molecule has 1 aromatic heterocycles. The molecule has 6 nitrogen and oxygen atoms in total. The second-order valence-electron chi connectivity index (χ2n) is 7.45. The number of piperidine rings is 1. The summed E-state index contributed by atoms with van der Waals surface area (Å²) in [4.78, 5) is 27.4. The van der Waals surface area contributed by atoms with Gasteiger partial charge in [0, 0.05) is 30.5 Å². The fourth-order valence-corrected chi connectivity index (χ4v) is 4.21. The summed E-state index contributed by atoms with van der Waals surface area (Å²) in [6, 6.07) is 2.13. The number of likely N-dealkylation sites (tertiary alicyclic amines) is 1. The number of carbonyl (C=O) groups excluding carboxylic acids is 2. The van der Waals surface area contributed by atoms with Crippen LogP contribution in [0.1, 0.15) is 64.1 Å². The average molecular weight is 347 g/mol. The minimum absolute atomic E-state index is 0.0105. The van der Waals surface area contributed by atoms with Gasteiger partial charge in [-0.25, -0.2) is 0 Å². The van der Waals surface area contributed by atoms with Crippen molar-refractivity contribution in [2.75, 3.05) is 11.9 Å². The summed E-state index contributed by atoms with van der Waals surface area (Å²) in [6.07, 6.45) is 7.68. The molecule has 2 aliphatic rings. The molecule has 1 aromatic rings. The van der Waals surface area contributed by atoms with E-state index in [1.165, 1.54) is 6.42 Å². The van der Waals surface area contributed by atoms with Crippen LogP contribution >= 0.6 is 0 Å². The van der Waals surface area contributed by atoms with E-state index < -0.39 is 0 Å². The van der Waals surface area contributed by atoms with Gasteiger partial charge in [-0.05, 0) is 58.3 Å². The molecule has 25 heavy (non-hydrogen) atoms. The minimum Gasteiger partial charge on any atom is -0.360 e. The van der Waals surface area contributed by atoms with E-state index in [0.717, 1.165) is 51.5 Å². The molecule has 0 aromatic carbocycles. The fourth-order valence-electron chi connectivity index (χ4n) is 4.21. The Hall–Kier alpha value is -1.85. The van der Waals surface area contributed by atoms with Crippen molar-refractivity contribution in [1.82, 2.24) is 10.1 Å². The summed E-state index contributed by atoms with van der Waals surface area (Å²) in [5, 5.41) is 6.62. The second kappa shape index (κ2) is 8.02. The fraction of sp³-hybridized carbons (Fsp3) is 0.737. The Morgan fingerprint density at radius 2 is 1.92 bits per heavy atom. The normalized spacial score (nSPS) is 27.1. The number of hydrogen-bond acceptors (Lipinski definition) is 4. The molecule has 138 valence electrons. The molecular weight excluding hydrogens is 318 g/mol. The number of aromatic nitrogens is 1. The van der Waals surface area contributed by atoms with E-state index in [2.05, 4.69) is 22.3 Å². The molecule has 2 heterocycles. The number of anilines is 1. The Morgan fingerprint density at radius 3 is 2.56 bits per heavy atom. The van der Waals surface area contributed by atoms with Crippen LogP contribution in [0.2, 0.25) is 0 Å². The Labute approximate surface area is 149 Å². The van der Waals surface area contributed by atoms with Crippen molar-refractivity contribution >= 4 is 17.6 Å². The van der Waals surface area contributed by atoms with Gasteiger partial charge in [0.15, 0.2) is 5.82 Å². The highest BCUT2D eigenvalue weighted by molar-refractivity contribution is 5.91. The first-order chi connectivity index (χ1) is 12.1. The molecule has 0 radical (unpaired) electrons. The van der Waals surface area contributed by atoms with Gasteiger partial charge in [0.25, 0.3) is 0 Å². The first-order valence-electron chi connectivity index (χ1n) is 9.63. The number of nitrogens with one attached hydrogen (secondary N) is 1. The van der Waals surface area contributed by atoms with Gasteiger partial charge in [-0.2, -0.15) is 0 Å². The summed E-state index contributed by atoms with van der Waals surface area (Å²) in [5.74, 6) is 1.51. The molecule has 0 spiro atoms. The summed E-state index contributed by atoms with van der Waals surface area (Å²) in [7, 11) is 0. The van der Waals surface area contributed by atoms with Crippen molar-refractivity contribution in [3.8, 4) is 0 Å². The molecule has 1 aliphatic carbocycles. The van der Waals surface area contributed by atoms with Gasteiger partial charge in [0.05, 0.1) is 0 Å². The van der Waals surface area contributed by atoms with Crippen molar-refractivity contribution in [2.45, 2.75) is 71.3 Å². The number of amides is 2. The standard InChI is InChI=1S/C19H29N3O3/c1-3-16-6-4-5-11-22(16)19(24)15-9-7-14(8-10-15)18(23)20-17-12-13(2)25-21-17/h12,14-16H,3-11H2,1-2H3,(H,20,21,23). The molecule has 1 atom stereocenters. The minimum atomic E-state index is -0.0376. The van der Waals surface area contributed by atoms with Gasteiger partial charge in [0.1, 0.15) is 5.76 Å². The van der Waals surface area contributed by atoms with Crippen LogP contribution in [0, 0.1) is 18.8 Å². The molecular formula is C19H29N3O3. The zero-order valence-electron chi connectivity index (χ0n) is 15.3. The van der Waals surface area contributed by atoms with Crippen molar-refractivity contribution in [1.29, 1.82) is 0 Å². The highest BCUT2D eigenvalue weighted by Crippen LogP contribution is 2.32. The number of rotatable bonds is 4. The lowest BCUT2D eigenvalue weighted by Gasteiger charge is -2.39. The van der Waals surface area contributed by atoms with E-state index in [1.54, 1.807) is 13.0 Å². The Bertz CT molecular complexity index is 605. The van der Waals surface area contributed by atoms with Gasteiger partial charge in [0.2, 0.25) is 11.8 Å². The maximum atomic E-state index is 12.9. The highest BCUT2D eigenvalue weighted by atomic mass is 16.5. The predicted molar refractivity (Wildman–Crippen MR) is 95.0 cm³/mol. The third-order valence-electron chi connectivity index (χ3n) is 5.71. The number of nitrogens with zero attached hydrogens (tertiary/aromatic N) is 2. The van der Waals surface area contributed by atoms with Gasteiger partial charge >= 0.3 is 0 Å². The van der Waals surface area contributed by atoms with Crippen LogP contribution in [0.5, 0.6) is 0 Å². The van der Waals surface area contributed by atoms with Crippen molar-refractivity contribution in [2.24, 2.45) is 11.8 Å². The van der Waals surface area contributed by atoms with Crippen LogP contribution in [0.3, 0.4) is 0 Å². The van der Waals surface area contributed by atoms with E-state index in [1.807, 2.05) is 0 Å². The summed E-state index contributed by atoms with van der Waals surface area (Å²) in [5.41, 5.74) is 0. The van der Waals surface area contributed by atoms with Gasteiger partial charge in [-0.1, -0.05) is 12.1 Å². The molecule has 0 bridgehead atoms. The lowest BCUT2D eigenvalue weighted by Crippen LogP contribution is -2.47. The monoisotopic (exact) mass is 347 g/mol. The van der Waals surface area contributed by atoms with Crippen LogP contribution in [0.15, 0.2) is 10.6 Å². The summed E-state index contributed by atoms with van der Waals surface area (Å²) in [6.45, 7) is 4.87. The number of aryl methyl sites for hydroxylation is 1. The van der Waals surface area contributed by atoms with Crippen LogP contribution in [0.25, 0.3) is 0 Å². The first-order valence-corrected chi connectivity index (χ1v) is 9.63. The van der Waals surface area contributed by atoms with Crippen molar-refractivity contribution in [3.05, 3.63) is 11.8 Å². The predicted octanol–water partition coefficient (Wildman–Crippen LogP) is 3.52. The molecule has 1 saturated heterocycles. The molecule has 1 N–H and O–H groups in total. The second-order valence-corrected chi connectivity index (χ2v) is 7.45.